The third-order valence-electron chi connectivity index (χ3n) is 3.47. The number of halogens is 1. The van der Waals surface area contributed by atoms with Gasteiger partial charge in [-0.3, -0.25) is 0 Å². The summed E-state index contributed by atoms with van der Waals surface area (Å²) in [5.74, 6) is 1.58. The smallest absolute Gasteiger partial charge is 0.123 e. The van der Waals surface area contributed by atoms with Gasteiger partial charge in [-0.2, -0.15) is 0 Å². The van der Waals surface area contributed by atoms with Gasteiger partial charge in [-0.15, -0.1) is 0 Å². The van der Waals surface area contributed by atoms with Crippen molar-refractivity contribution in [1.29, 1.82) is 0 Å². The standard InChI is InChI=1S/C18H17FN2O/c1-2-18-20-11-12-21(18)16-7-9-17(10-8-16)22-13-14-3-5-15(19)6-4-14/h3-12H,2,13H2,1H3. The summed E-state index contributed by atoms with van der Waals surface area (Å²) >= 11 is 0. The van der Waals surface area contributed by atoms with E-state index in [1.165, 1.54) is 12.1 Å². The van der Waals surface area contributed by atoms with Crippen LogP contribution in [0.15, 0.2) is 60.9 Å². The van der Waals surface area contributed by atoms with Crippen LogP contribution in [0.4, 0.5) is 4.39 Å². The minimum atomic E-state index is -0.236. The minimum absolute atomic E-state index is 0.236. The molecule has 0 radical (unpaired) electrons. The first-order chi connectivity index (χ1) is 10.8. The van der Waals surface area contributed by atoms with Gasteiger partial charge in [0.1, 0.15) is 24.0 Å². The van der Waals surface area contributed by atoms with E-state index in [9.17, 15) is 4.39 Å². The lowest BCUT2D eigenvalue weighted by Gasteiger charge is -2.09. The van der Waals surface area contributed by atoms with Crippen LogP contribution >= 0.6 is 0 Å². The molecule has 0 aliphatic carbocycles. The van der Waals surface area contributed by atoms with E-state index in [2.05, 4.69) is 16.5 Å². The van der Waals surface area contributed by atoms with Crippen molar-refractivity contribution in [1.82, 2.24) is 9.55 Å². The third kappa shape index (κ3) is 3.17. The van der Waals surface area contributed by atoms with Crippen LogP contribution in [0, 0.1) is 5.82 Å². The average Bonchev–Trinajstić information content (AvgIpc) is 3.03. The summed E-state index contributed by atoms with van der Waals surface area (Å²) in [6, 6.07) is 14.2. The lowest BCUT2D eigenvalue weighted by molar-refractivity contribution is 0.306. The van der Waals surface area contributed by atoms with Crippen molar-refractivity contribution >= 4 is 0 Å². The summed E-state index contributed by atoms with van der Waals surface area (Å²) in [5.41, 5.74) is 2.00. The number of nitrogens with zero attached hydrogens (tertiary/aromatic N) is 2. The van der Waals surface area contributed by atoms with Crippen molar-refractivity contribution in [3.8, 4) is 11.4 Å². The zero-order valence-corrected chi connectivity index (χ0v) is 12.4. The largest absolute Gasteiger partial charge is 0.489 e. The summed E-state index contributed by atoms with van der Waals surface area (Å²) in [6.45, 7) is 2.50. The lowest BCUT2D eigenvalue weighted by atomic mass is 10.2. The van der Waals surface area contributed by atoms with E-state index in [4.69, 9.17) is 4.74 Å². The van der Waals surface area contributed by atoms with Gasteiger partial charge in [0.25, 0.3) is 0 Å². The van der Waals surface area contributed by atoms with Gasteiger partial charge >= 0.3 is 0 Å². The summed E-state index contributed by atoms with van der Waals surface area (Å²) in [7, 11) is 0. The van der Waals surface area contributed by atoms with Gasteiger partial charge in [-0.05, 0) is 42.0 Å². The van der Waals surface area contributed by atoms with Crippen LogP contribution in [0.5, 0.6) is 5.75 Å². The van der Waals surface area contributed by atoms with Gasteiger partial charge in [-0.1, -0.05) is 19.1 Å². The average molecular weight is 296 g/mol. The van der Waals surface area contributed by atoms with E-state index in [1.54, 1.807) is 18.3 Å². The van der Waals surface area contributed by atoms with Crippen molar-refractivity contribution < 1.29 is 9.13 Å². The van der Waals surface area contributed by atoms with E-state index in [1.807, 2.05) is 30.5 Å². The molecule has 0 amide bonds. The Bertz CT molecular complexity index is 733. The maximum atomic E-state index is 12.8. The fraction of sp³-hybridized carbons (Fsp3) is 0.167. The van der Waals surface area contributed by atoms with Gasteiger partial charge in [0.2, 0.25) is 0 Å². The first-order valence-electron chi connectivity index (χ1n) is 7.26. The molecule has 0 N–H and O–H groups in total. The number of aromatic nitrogens is 2. The van der Waals surface area contributed by atoms with Gasteiger partial charge in [-0.25, -0.2) is 9.37 Å². The van der Waals surface area contributed by atoms with Crippen LogP contribution in [-0.4, -0.2) is 9.55 Å². The molecule has 0 bridgehead atoms. The van der Waals surface area contributed by atoms with Crippen LogP contribution < -0.4 is 4.74 Å². The molecule has 0 saturated heterocycles. The molecule has 0 atom stereocenters. The summed E-state index contributed by atoms with van der Waals surface area (Å²) in [6.07, 6.45) is 4.64. The Balaban J connectivity index is 1.68. The first-order valence-corrected chi connectivity index (χ1v) is 7.26. The van der Waals surface area contributed by atoms with Crippen LogP contribution in [0.1, 0.15) is 18.3 Å². The van der Waals surface area contributed by atoms with Crippen molar-refractivity contribution in [2.24, 2.45) is 0 Å². The Morgan fingerprint density at radius 2 is 1.77 bits per heavy atom. The normalized spacial score (nSPS) is 10.6. The molecular weight excluding hydrogens is 279 g/mol. The number of hydrogen-bond donors (Lipinski definition) is 0. The molecule has 3 nitrogen and oxygen atoms in total. The highest BCUT2D eigenvalue weighted by molar-refractivity contribution is 5.38. The number of hydrogen-bond acceptors (Lipinski definition) is 2. The van der Waals surface area contributed by atoms with Gasteiger partial charge in [0.05, 0.1) is 0 Å². The predicted molar refractivity (Wildman–Crippen MR) is 83.7 cm³/mol. The highest BCUT2D eigenvalue weighted by Crippen LogP contribution is 2.18. The Morgan fingerprint density at radius 3 is 2.45 bits per heavy atom. The summed E-state index contributed by atoms with van der Waals surface area (Å²) in [4.78, 5) is 4.32. The molecular formula is C18H17FN2O. The van der Waals surface area contributed by atoms with Crippen LogP contribution in [0.3, 0.4) is 0 Å². The molecule has 0 aliphatic heterocycles. The van der Waals surface area contributed by atoms with E-state index in [0.29, 0.717) is 6.61 Å². The monoisotopic (exact) mass is 296 g/mol. The SMILES string of the molecule is CCc1nccn1-c1ccc(OCc2ccc(F)cc2)cc1. The Kier molecular flexibility index (Phi) is 4.19. The van der Waals surface area contributed by atoms with Crippen molar-refractivity contribution in [2.45, 2.75) is 20.0 Å². The molecule has 4 heteroatoms. The minimum Gasteiger partial charge on any atom is -0.489 e. The fourth-order valence-corrected chi connectivity index (χ4v) is 2.28. The van der Waals surface area contributed by atoms with Crippen LogP contribution in [0.2, 0.25) is 0 Å². The molecule has 3 rings (SSSR count). The van der Waals surface area contributed by atoms with Gasteiger partial charge in [0.15, 0.2) is 0 Å². The molecule has 22 heavy (non-hydrogen) atoms. The molecule has 112 valence electrons. The highest BCUT2D eigenvalue weighted by Gasteiger charge is 2.03. The van der Waals surface area contributed by atoms with Crippen LogP contribution in [0.25, 0.3) is 5.69 Å². The Morgan fingerprint density at radius 1 is 1.05 bits per heavy atom. The second kappa shape index (κ2) is 6.43. The fourth-order valence-electron chi connectivity index (χ4n) is 2.28. The Labute approximate surface area is 129 Å². The highest BCUT2D eigenvalue weighted by atomic mass is 19.1. The molecule has 0 unspecified atom stereocenters. The number of rotatable bonds is 5. The zero-order valence-electron chi connectivity index (χ0n) is 12.4. The maximum absolute atomic E-state index is 12.8. The number of aryl methyl sites for hydroxylation is 1. The molecule has 0 spiro atoms. The number of benzene rings is 2. The second-order valence-electron chi connectivity index (χ2n) is 4.98. The second-order valence-corrected chi connectivity index (χ2v) is 4.98. The number of imidazole rings is 1. The van der Waals surface area contributed by atoms with E-state index < -0.39 is 0 Å². The third-order valence-corrected chi connectivity index (χ3v) is 3.47. The first kappa shape index (κ1) is 14.3. The van der Waals surface area contributed by atoms with Crippen LogP contribution in [-0.2, 0) is 13.0 Å². The zero-order chi connectivity index (χ0) is 15.4. The molecule has 3 aromatic rings. The maximum Gasteiger partial charge on any atom is 0.123 e. The summed E-state index contributed by atoms with van der Waals surface area (Å²) < 4.78 is 20.6. The summed E-state index contributed by atoms with van der Waals surface area (Å²) in [5, 5.41) is 0. The number of ether oxygens (including phenoxy) is 1. The molecule has 1 heterocycles. The lowest BCUT2D eigenvalue weighted by Crippen LogP contribution is -1.99. The van der Waals surface area contributed by atoms with Crippen molar-refractivity contribution in [2.75, 3.05) is 0 Å². The van der Waals surface area contributed by atoms with Gasteiger partial charge < -0.3 is 9.30 Å². The Hall–Kier alpha value is -2.62. The molecule has 0 fully saturated rings. The van der Waals surface area contributed by atoms with Gasteiger partial charge in [0, 0.05) is 24.5 Å². The molecule has 0 saturated carbocycles. The van der Waals surface area contributed by atoms with Crippen molar-refractivity contribution in [3.05, 3.63) is 78.1 Å². The topological polar surface area (TPSA) is 27.1 Å². The van der Waals surface area contributed by atoms with E-state index in [0.717, 1.165) is 29.2 Å². The van der Waals surface area contributed by atoms with E-state index in [-0.39, 0.29) is 5.82 Å². The van der Waals surface area contributed by atoms with E-state index >= 15 is 0 Å². The quantitative estimate of drug-likeness (QED) is 0.707. The predicted octanol–water partition coefficient (Wildman–Crippen LogP) is 4.15. The molecule has 2 aromatic carbocycles. The molecule has 0 aliphatic rings. The van der Waals surface area contributed by atoms with Crippen molar-refractivity contribution in [3.63, 3.8) is 0 Å². The molecule has 1 aromatic heterocycles.